The highest BCUT2D eigenvalue weighted by Gasteiger charge is 2.43. The van der Waals surface area contributed by atoms with Crippen molar-refractivity contribution in [2.24, 2.45) is 5.92 Å². The summed E-state index contributed by atoms with van der Waals surface area (Å²) in [6, 6.07) is 3.47. The van der Waals surface area contributed by atoms with Crippen molar-refractivity contribution in [2.75, 3.05) is 6.61 Å². The number of rotatable bonds is 4. The molecule has 1 aliphatic carbocycles. The molecule has 1 aromatic rings. The van der Waals surface area contributed by atoms with E-state index in [1.165, 1.54) is 6.42 Å². The van der Waals surface area contributed by atoms with Gasteiger partial charge in [-0.2, -0.15) is 0 Å². The van der Waals surface area contributed by atoms with Crippen molar-refractivity contribution < 1.29 is 13.9 Å². The molecule has 1 fully saturated rings. The Morgan fingerprint density at radius 1 is 1.65 bits per heavy atom. The molecule has 0 radical (unpaired) electrons. The van der Waals surface area contributed by atoms with Gasteiger partial charge in [0.2, 0.25) is 5.78 Å². The first-order valence-corrected chi connectivity index (χ1v) is 6.40. The van der Waals surface area contributed by atoms with E-state index < -0.39 is 5.60 Å². The molecule has 3 heteroatoms. The maximum absolute atomic E-state index is 12.5. The van der Waals surface area contributed by atoms with Gasteiger partial charge in [-0.15, -0.1) is 0 Å². The van der Waals surface area contributed by atoms with Gasteiger partial charge in [0.15, 0.2) is 5.76 Å². The molecule has 2 atom stereocenters. The van der Waals surface area contributed by atoms with Crippen LogP contribution in [0.4, 0.5) is 0 Å². The molecule has 0 saturated heterocycles. The lowest BCUT2D eigenvalue weighted by atomic mass is 9.75. The third kappa shape index (κ3) is 2.44. The number of ether oxygens (including phenoxy) is 1. The van der Waals surface area contributed by atoms with Crippen LogP contribution in [0.1, 0.15) is 50.1 Å². The monoisotopic (exact) mass is 236 g/mol. The first-order valence-electron chi connectivity index (χ1n) is 6.40. The van der Waals surface area contributed by atoms with E-state index in [1.54, 1.807) is 18.4 Å². The van der Waals surface area contributed by atoms with Gasteiger partial charge in [-0.05, 0) is 44.2 Å². The summed E-state index contributed by atoms with van der Waals surface area (Å²) in [5.41, 5.74) is -0.649. The van der Waals surface area contributed by atoms with Crippen LogP contribution in [0.5, 0.6) is 0 Å². The minimum Gasteiger partial charge on any atom is -0.461 e. The van der Waals surface area contributed by atoms with E-state index in [2.05, 4.69) is 6.92 Å². The highest BCUT2D eigenvalue weighted by Crippen LogP contribution is 2.37. The lowest BCUT2D eigenvalue weighted by Gasteiger charge is -2.37. The molecule has 2 rings (SSSR count). The fraction of sp³-hybridized carbons (Fsp3) is 0.643. The van der Waals surface area contributed by atoms with Crippen LogP contribution in [0.25, 0.3) is 0 Å². The average Bonchev–Trinajstić information content (AvgIpc) is 2.81. The van der Waals surface area contributed by atoms with Crippen LogP contribution in [0.15, 0.2) is 22.8 Å². The van der Waals surface area contributed by atoms with E-state index in [9.17, 15) is 4.79 Å². The van der Waals surface area contributed by atoms with Gasteiger partial charge in [-0.1, -0.05) is 13.3 Å². The molecule has 1 saturated carbocycles. The van der Waals surface area contributed by atoms with Gasteiger partial charge in [0.1, 0.15) is 5.60 Å². The second-order valence-electron chi connectivity index (χ2n) is 4.94. The van der Waals surface area contributed by atoms with Gasteiger partial charge in [0.25, 0.3) is 0 Å². The highest BCUT2D eigenvalue weighted by molar-refractivity contribution is 6.00. The maximum Gasteiger partial charge on any atom is 0.229 e. The molecule has 0 N–H and O–H groups in total. The zero-order valence-corrected chi connectivity index (χ0v) is 10.6. The van der Waals surface area contributed by atoms with Gasteiger partial charge in [0.05, 0.1) is 6.26 Å². The number of hydrogen-bond donors (Lipinski definition) is 0. The maximum atomic E-state index is 12.5. The van der Waals surface area contributed by atoms with Gasteiger partial charge >= 0.3 is 0 Å². The van der Waals surface area contributed by atoms with Crippen molar-refractivity contribution in [3.8, 4) is 0 Å². The molecule has 3 nitrogen and oxygen atoms in total. The molecule has 1 aliphatic rings. The minimum absolute atomic E-state index is 0.0101. The predicted octanol–water partition coefficient (Wildman–Crippen LogP) is 3.45. The molecule has 0 aromatic carbocycles. The summed E-state index contributed by atoms with van der Waals surface area (Å²) in [4.78, 5) is 12.5. The van der Waals surface area contributed by atoms with Crippen LogP contribution < -0.4 is 0 Å². The van der Waals surface area contributed by atoms with Crippen LogP contribution in [-0.2, 0) is 4.74 Å². The van der Waals surface area contributed by atoms with Gasteiger partial charge < -0.3 is 9.15 Å². The number of ketones is 1. The van der Waals surface area contributed by atoms with Gasteiger partial charge in [0, 0.05) is 6.61 Å². The van der Waals surface area contributed by atoms with Crippen LogP contribution in [-0.4, -0.2) is 18.0 Å². The van der Waals surface area contributed by atoms with Crippen molar-refractivity contribution >= 4 is 5.78 Å². The zero-order chi connectivity index (χ0) is 12.3. The van der Waals surface area contributed by atoms with Crippen molar-refractivity contribution in [2.45, 2.75) is 45.1 Å². The molecule has 0 bridgehead atoms. The Hall–Kier alpha value is -1.09. The molecule has 2 unspecified atom stereocenters. The van der Waals surface area contributed by atoms with Crippen molar-refractivity contribution in [1.29, 1.82) is 0 Å². The standard InChI is InChI=1S/C14H20O3/c1-3-17-14(8-4-6-11(2)10-14)13(15)12-7-5-9-16-12/h5,7,9,11H,3-4,6,8,10H2,1-2H3. The van der Waals surface area contributed by atoms with Crippen molar-refractivity contribution in [1.82, 2.24) is 0 Å². The summed E-state index contributed by atoms with van der Waals surface area (Å²) in [6.07, 6.45) is 5.39. The topological polar surface area (TPSA) is 39.4 Å². The first-order chi connectivity index (χ1) is 8.18. The van der Waals surface area contributed by atoms with Crippen LogP contribution in [0, 0.1) is 5.92 Å². The highest BCUT2D eigenvalue weighted by atomic mass is 16.5. The second-order valence-corrected chi connectivity index (χ2v) is 4.94. The molecular weight excluding hydrogens is 216 g/mol. The Balaban J connectivity index is 2.24. The quantitative estimate of drug-likeness (QED) is 0.752. The molecule has 17 heavy (non-hydrogen) atoms. The van der Waals surface area contributed by atoms with Crippen molar-refractivity contribution in [3.05, 3.63) is 24.2 Å². The lowest BCUT2D eigenvalue weighted by molar-refractivity contribution is -0.0525. The fourth-order valence-corrected chi connectivity index (χ4v) is 2.81. The normalized spacial score (nSPS) is 29.2. The SMILES string of the molecule is CCOC1(C(=O)c2ccco2)CCCC(C)C1. The van der Waals surface area contributed by atoms with Gasteiger partial charge in [-0.3, -0.25) is 4.79 Å². The predicted molar refractivity (Wildman–Crippen MR) is 65.0 cm³/mol. The summed E-state index contributed by atoms with van der Waals surface area (Å²) in [6.45, 7) is 4.69. The Kier molecular flexibility index (Phi) is 3.67. The molecule has 0 aliphatic heterocycles. The summed E-state index contributed by atoms with van der Waals surface area (Å²) < 4.78 is 11.0. The van der Waals surface area contributed by atoms with E-state index in [-0.39, 0.29) is 5.78 Å². The summed E-state index contributed by atoms with van der Waals surface area (Å²) >= 11 is 0. The molecular formula is C14H20O3. The summed E-state index contributed by atoms with van der Waals surface area (Å²) in [5, 5.41) is 0. The molecule has 0 spiro atoms. The lowest BCUT2D eigenvalue weighted by Crippen LogP contribution is -2.45. The minimum atomic E-state index is -0.649. The number of carbonyl (C=O) groups excluding carboxylic acids is 1. The van der Waals surface area contributed by atoms with E-state index in [0.717, 1.165) is 19.3 Å². The molecule has 1 aromatic heterocycles. The zero-order valence-electron chi connectivity index (χ0n) is 10.6. The summed E-state index contributed by atoms with van der Waals surface area (Å²) in [5.74, 6) is 0.970. The fourth-order valence-electron chi connectivity index (χ4n) is 2.81. The first kappa shape index (κ1) is 12.4. The molecule has 94 valence electrons. The Bertz CT molecular complexity index is 365. The Labute approximate surface area is 102 Å². The van der Waals surface area contributed by atoms with E-state index in [0.29, 0.717) is 18.3 Å². The molecule has 0 amide bonds. The van der Waals surface area contributed by atoms with Crippen LogP contribution in [0.2, 0.25) is 0 Å². The van der Waals surface area contributed by atoms with E-state index in [4.69, 9.17) is 9.15 Å². The van der Waals surface area contributed by atoms with Gasteiger partial charge in [-0.25, -0.2) is 0 Å². The van der Waals surface area contributed by atoms with Crippen molar-refractivity contribution in [3.63, 3.8) is 0 Å². The Morgan fingerprint density at radius 3 is 3.06 bits per heavy atom. The number of Topliss-reactive ketones (excluding diaryl/α,β-unsaturated/α-hetero) is 1. The van der Waals surface area contributed by atoms with E-state index >= 15 is 0 Å². The number of carbonyl (C=O) groups is 1. The molecule has 1 heterocycles. The third-order valence-electron chi connectivity index (χ3n) is 3.54. The van der Waals surface area contributed by atoms with Crippen LogP contribution in [0.3, 0.4) is 0 Å². The average molecular weight is 236 g/mol. The smallest absolute Gasteiger partial charge is 0.229 e. The van der Waals surface area contributed by atoms with E-state index in [1.807, 2.05) is 6.92 Å². The number of furan rings is 1. The Morgan fingerprint density at radius 2 is 2.47 bits per heavy atom. The third-order valence-corrected chi connectivity index (χ3v) is 3.54. The van der Waals surface area contributed by atoms with Crippen LogP contribution >= 0.6 is 0 Å². The summed E-state index contributed by atoms with van der Waals surface area (Å²) in [7, 11) is 0. The number of hydrogen-bond acceptors (Lipinski definition) is 3. The second kappa shape index (κ2) is 5.05. The largest absolute Gasteiger partial charge is 0.461 e.